The summed E-state index contributed by atoms with van der Waals surface area (Å²) in [5.74, 6) is 0.515. The van der Waals surface area contributed by atoms with Crippen molar-refractivity contribution in [3.8, 4) is 11.4 Å². The van der Waals surface area contributed by atoms with Gasteiger partial charge in [0.05, 0.1) is 0 Å². The molecule has 1 aliphatic rings. The maximum atomic E-state index is 13.6. The van der Waals surface area contributed by atoms with E-state index in [2.05, 4.69) is 15.5 Å². The Bertz CT molecular complexity index is 731. The summed E-state index contributed by atoms with van der Waals surface area (Å²) in [6.07, 6.45) is 0.713. The summed E-state index contributed by atoms with van der Waals surface area (Å²) in [6, 6.07) is 5.01. The largest absolute Gasteiger partial charge is 0.339 e. The highest BCUT2D eigenvalue weighted by molar-refractivity contribution is 5.76. The molecular weight excluding hydrogens is 311 g/mol. The highest BCUT2D eigenvalue weighted by Crippen LogP contribution is 2.19. The van der Waals surface area contributed by atoms with Gasteiger partial charge < -0.3 is 14.7 Å². The van der Waals surface area contributed by atoms with Crippen molar-refractivity contribution in [1.29, 1.82) is 0 Å². The fraction of sp³-hybridized carbons (Fsp3) is 0.471. The topological polar surface area (TPSA) is 71.3 Å². The zero-order valence-corrected chi connectivity index (χ0v) is 13.9. The molecule has 1 fully saturated rings. The minimum Gasteiger partial charge on any atom is -0.339 e. The van der Waals surface area contributed by atoms with E-state index >= 15 is 0 Å². The van der Waals surface area contributed by atoms with Gasteiger partial charge in [-0.3, -0.25) is 4.79 Å². The van der Waals surface area contributed by atoms with Crippen LogP contribution in [0, 0.1) is 12.7 Å². The maximum Gasteiger partial charge on any atom is 0.227 e. The maximum absolute atomic E-state index is 13.6. The Balaban J connectivity index is 1.61. The smallest absolute Gasteiger partial charge is 0.227 e. The van der Waals surface area contributed by atoms with Crippen LogP contribution in [0.25, 0.3) is 11.4 Å². The van der Waals surface area contributed by atoms with Crippen molar-refractivity contribution in [2.45, 2.75) is 32.7 Å². The molecule has 6 nitrogen and oxygen atoms in total. The molecule has 0 saturated carbocycles. The van der Waals surface area contributed by atoms with Gasteiger partial charge in [0.2, 0.25) is 17.6 Å². The van der Waals surface area contributed by atoms with Crippen LogP contribution in [-0.4, -0.2) is 46.6 Å². The summed E-state index contributed by atoms with van der Waals surface area (Å²) in [7, 11) is 0. The lowest BCUT2D eigenvalue weighted by molar-refractivity contribution is -0.134. The van der Waals surface area contributed by atoms with Gasteiger partial charge in [0.1, 0.15) is 5.82 Å². The van der Waals surface area contributed by atoms with E-state index in [0.29, 0.717) is 35.7 Å². The van der Waals surface area contributed by atoms with Crippen molar-refractivity contribution in [2.24, 2.45) is 0 Å². The van der Waals surface area contributed by atoms with E-state index in [0.717, 1.165) is 19.6 Å². The fourth-order valence-electron chi connectivity index (χ4n) is 2.77. The Morgan fingerprint density at radius 1 is 1.50 bits per heavy atom. The Morgan fingerprint density at radius 2 is 2.33 bits per heavy atom. The number of carbonyl (C=O) groups excluding carboxylic acids is 1. The van der Waals surface area contributed by atoms with Crippen molar-refractivity contribution < 1.29 is 13.7 Å². The van der Waals surface area contributed by atoms with Crippen LogP contribution >= 0.6 is 0 Å². The Kier molecular flexibility index (Phi) is 4.89. The van der Waals surface area contributed by atoms with Gasteiger partial charge >= 0.3 is 0 Å². The molecular formula is C17H21FN4O2. The molecule has 2 heterocycles. The lowest BCUT2D eigenvalue weighted by Crippen LogP contribution is -2.52. The number of benzene rings is 1. The third-order valence-electron chi connectivity index (χ3n) is 4.27. The molecule has 7 heteroatoms. The Labute approximate surface area is 140 Å². The molecule has 2 aromatic rings. The average molecular weight is 332 g/mol. The van der Waals surface area contributed by atoms with Gasteiger partial charge in [0.25, 0.3) is 0 Å². The van der Waals surface area contributed by atoms with Gasteiger partial charge in [0, 0.05) is 44.1 Å². The number of aryl methyl sites for hydroxylation is 2. The third-order valence-corrected chi connectivity index (χ3v) is 4.27. The highest BCUT2D eigenvalue weighted by atomic mass is 19.1. The van der Waals surface area contributed by atoms with Crippen LogP contribution in [0.1, 0.15) is 24.8 Å². The second-order valence-electron chi connectivity index (χ2n) is 6.12. The van der Waals surface area contributed by atoms with Gasteiger partial charge in [-0.05, 0) is 25.5 Å². The number of hydrogen-bond donors (Lipinski definition) is 1. The number of hydrogen-bond acceptors (Lipinski definition) is 5. The molecule has 1 aromatic carbocycles. The first-order valence-corrected chi connectivity index (χ1v) is 8.14. The van der Waals surface area contributed by atoms with Gasteiger partial charge in [0.15, 0.2) is 0 Å². The number of carbonyl (C=O) groups is 1. The van der Waals surface area contributed by atoms with Gasteiger partial charge in [-0.2, -0.15) is 4.98 Å². The molecule has 1 atom stereocenters. The number of halogens is 1. The molecule has 0 spiro atoms. The third kappa shape index (κ3) is 3.62. The molecule has 1 saturated heterocycles. The van der Waals surface area contributed by atoms with Crippen molar-refractivity contribution in [2.75, 3.05) is 19.6 Å². The van der Waals surface area contributed by atoms with E-state index in [4.69, 9.17) is 4.52 Å². The highest BCUT2D eigenvalue weighted by Gasteiger charge is 2.23. The predicted octanol–water partition coefficient (Wildman–Crippen LogP) is 1.94. The van der Waals surface area contributed by atoms with E-state index in [-0.39, 0.29) is 17.8 Å². The molecule has 1 aliphatic heterocycles. The van der Waals surface area contributed by atoms with Crippen LogP contribution in [0.4, 0.5) is 4.39 Å². The van der Waals surface area contributed by atoms with Crippen LogP contribution in [-0.2, 0) is 11.2 Å². The molecule has 1 aromatic heterocycles. The summed E-state index contributed by atoms with van der Waals surface area (Å²) in [5, 5.41) is 7.13. The Hall–Kier alpha value is -2.28. The second kappa shape index (κ2) is 7.09. The molecule has 0 radical (unpaired) electrons. The van der Waals surface area contributed by atoms with Crippen molar-refractivity contribution in [1.82, 2.24) is 20.4 Å². The lowest BCUT2D eigenvalue weighted by Gasteiger charge is -2.34. The molecule has 1 unspecified atom stereocenters. The molecule has 0 aliphatic carbocycles. The quantitative estimate of drug-likeness (QED) is 0.926. The number of amides is 1. The van der Waals surface area contributed by atoms with Crippen LogP contribution in [0.15, 0.2) is 22.7 Å². The van der Waals surface area contributed by atoms with Gasteiger partial charge in [-0.25, -0.2) is 4.39 Å². The summed E-state index contributed by atoms with van der Waals surface area (Å²) >= 11 is 0. The number of rotatable bonds is 4. The zero-order valence-electron chi connectivity index (χ0n) is 13.9. The molecule has 0 bridgehead atoms. The number of nitrogens with zero attached hydrogens (tertiary/aromatic N) is 3. The van der Waals surface area contributed by atoms with Crippen LogP contribution in [0.3, 0.4) is 0 Å². The predicted molar refractivity (Wildman–Crippen MR) is 86.8 cm³/mol. The van der Waals surface area contributed by atoms with Crippen LogP contribution < -0.4 is 5.32 Å². The SMILES string of the molecule is Cc1ccc(-c2noc(CCC(=O)N3CCNCC3C)n2)cc1F. The molecule has 1 N–H and O–H groups in total. The lowest BCUT2D eigenvalue weighted by atomic mass is 10.1. The van der Waals surface area contributed by atoms with Gasteiger partial charge in [-0.1, -0.05) is 17.3 Å². The van der Waals surface area contributed by atoms with E-state index in [9.17, 15) is 9.18 Å². The molecule has 3 rings (SSSR count). The summed E-state index contributed by atoms with van der Waals surface area (Å²) in [4.78, 5) is 18.4. The molecule has 24 heavy (non-hydrogen) atoms. The zero-order chi connectivity index (χ0) is 17.1. The van der Waals surface area contributed by atoms with E-state index in [1.165, 1.54) is 6.07 Å². The van der Waals surface area contributed by atoms with Gasteiger partial charge in [-0.15, -0.1) is 0 Å². The molecule has 128 valence electrons. The first-order valence-electron chi connectivity index (χ1n) is 8.14. The molecule has 1 amide bonds. The van der Waals surface area contributed by atoms with Crippen molar-refractivity contribution >= 4 is 5.91 Å². The number of piperazine rings is 1. The van der Waals surface area contributed by atoms with E-state index in [1.807, 2.05) is 11.8 Å². The Morgan fingerprint density at radius 3 is 3.08 bits per heavy atom. The van der Waals surface area contributed by atoms with Crippen molar-refractivity contribution in [3.05, 3.63) is 35.5 Å². The normalized spacial score (nSPS) is 18.0. The summed E-state index contributed by atoms with van der Waals surface area (Å²) < 4.78 is 18.8. The fourth-order valence-corrected chi connectivity index (χ4v) is 2.77. The average Bonchev–Trinajstić information content (AvgIpc) is 3.04. The minimum atomic E-state index is -0.304. The van der Waals surface area contributed by atoms with E-state index < -0.39 is 0 Å². The first-order chi connectivity index (χ1) is 11.5. The first kappa shape index (κ1) is 16.6. The second-order valence-corrected chi connectivity index (χ2v) is 6.12. The minimum absolute atomic E-state index is 0.0881. The van der Waals surface area contributed by atoms with Crippen LogP contribution in [0.2, 0.25) is 0 Å². The number of nitrogens with one attached hydrogen (secondary N) is 1. The monoisotopic (exact) mass is 332 g/mol. The summed E-state index contributed by atoms with van der Waals surface area (Å²) in [5.41, 5.74) is 1.13. The van der Waals surface area contributed by atoms with Crippen molar-refractivity contribution in [3.63, 3.8) is 0 Å². The number of aromatic nitrogens is 2. The van der Waals surface area contributed by atoms with Crippen LogP contribution in [0.5, 0.6) is 0 Å². The standard InChI is InChI=1S/C17H21FN4O2/c1-11-3-4-13(9-14(11)18)17-20-15(24-21-17)5-6-16(23)22-8-7-19-10-12(22)2/h3-4,9,12,19H,5-8,10H2,1-2H3. The summed E-state index contributed by atoms with van der Waals surface area (Å²) in [6.45, 7) is 6.08. The van der Waals surface area contributed by atoms with E-state index in [1.54, 1.807) is 19.1 Å².